The Kier molecular flexibility index (Phi) is 10.4. The number of carbonyl (C=O) groups excluding carboxylic acids is 3. The average molecular weight is 556 g/mol. The third kappa shape index (κ3) is 6.89. The molecule has 9 nitrogen and oxygen atoms in total. The molecule has 0 aromatic heterocycles. The first-order chi connectivity index (χ1) is 15.0. The summed E-state index contributed by atoms with van der Waals surface area (Å²) in [6.07, 6.45) is 3.34. The monoisotopic (exact) mass is 556 g/mol. The van der Waals surface area contributed by atoms with Gasteiger partial charge in [-0.2, -0.15) is 0 Å². The summed E-state index contributed by atoms with van der Waals surface area (Å²) >= 11 is 0. The molecule has 1 saturated heterocycles. The highest BCUT2D eigenvalue weighted by Crippen LogP contribution is 2.22. The second-order valence-electron chi connectivity index (χ2n) is 7.94. The number of rotatable bonds is 9. The first kappa shape index (κ1) is 26.0. The van der Waals surface area contributed by atoms with Crippen LogP contribution in [0.15, 0.2) is 29.3 Å². The fraction of sp³-hybridized carbons (Fsp3) is 0.545. The van der Waals surface area contributed by atoms with E-state index < -0.39 is 0 Å². The van der Waals surface area contributed by atoms with E-state index >= 15 is 0 Å². The van der Waals surface area contributed by atoms with E-state index in [-0.39, 0.29) is 41.7 Å². The number of hydrogen-bond donors (Lipinski definition) is 3. The summed E-state index contributed by atoms with van der Waals surface area (Å²) in [6, 6.07) is 7.26. The Morgan fingerprint density at radius 3 is 2.31 bits per heavy atom. The largest absolute Gasteiger partial charge is 0.369 e. The first-order valence-corrected chi connectivity index (χ1v) is 11.0. The zero-order valence-electron chi connectivity index (χ0n) is 18.5. The van der Waals surface area contributed by atoms with Crippen molar-refractivity contribution in [1.29, 1.82) is 0 Å². The number of halogens is 1. The van der Waals surface area contributed by atoms with Crippen molar-refractivity contribution in [1.82, 2.24) is 20.4 Å². The Morgan fingerprint density at radius 1 is 1.12 bits per heavy atom. The number of amides is 3. The third-order valence-corrected chi connectivity index (χ3v) is 5.59. The van der Waals surface area contributed by atoms with E-state index in [0.717, 1.165) is 44.9 Å². The standard InChI is InChI=1S/C22H32N6O3.HI/c1-2-24-22(26-16-9-13-27(14-10-16)15-19(23)29)25-11-5-6-12-28-20(30)17-7-3-4-8-18(17)21(28)31;/h3-4,7-8,16H,2,5-6,9-15H2,1H3,(H2,23,29)(H2,24,25,26);1H. The van der Waals surface area contributed by atoms with E-state index in [1.165, 1.54) is 4.90 Å². The van der Waals surface area contributed by atoms with Gasteiger partial charge in [0, 0.05) is 38.8 Å². The number of nitrogens with one attached hydrogen (secondary N) is 2. The topological polar surface area (TPSA) is 120 Å². The van der Waals surface area contributed by atoms with Crippen LogP contribution in [0, 0.1) is 0 Å². The maximum absolute atomic E-state index is 12.4. The number of nitrogens with zero attached hydrogens (tertiary/aromatic N) is 3. The first-order valence-electron chi connectivity index (χ1n) is 11.0. The Balaban J connectivity index is 0.00000363. The molecule has 2 aliphatic heterocycles. The van der Waals surface area contributed by atoms with E-state index in [0.29, 0.717) is 43.2 Å². The van der Waals surface area contributed by atoms with Crippen LogP contribution in [0.3, 0.4) is 0 Å². The van der Waals surface area contributed by atoms with Gasteiger partial charge in [0.2, 0.25) is 5.91 Å². The lowest BCUT2D eigenvalue weighted by Gasteiger charge is -2.32. The normalized spacial score (nSPS) is 17.2. The van der Waals surface area contributed by atoms with Crippen molar-refractivity contribution < 1.29 is 14.4 Å². The number of fused-ring (bicyclic) bond motifs is 1. The third-order valence-electron chi connectivity index (χ3n) is 5.59. The molecule has 4 N–H and O–H groups in total. The van der Waals surface area contributed by atoms with Crippen molar-refractivity contribution in [3.8, 4) is 0 Å². The van der Waals surface area contributed by atoms with Gasteiger partial charge in [-0.05, 0) is 44.7 Å². The number of nitrogens with two attached hydrogens (primary N) is 1. The van der Waals surface area contributed by atoms with Gasteiger partial charge in [-0.25, -0.2) is 0 Å². The number of aliphatic imine (C=N–C) groups is 1. The molecule has 3 rings (SSSR count). The summed E-state index contributed by atoms with van der Waals surface area (Å²) < 4.78 is 0. The summed E-state index contributed by atoms with van der Waals surface area (Å²) in [4.78, 5) is 43.9. The average Bonchev–Trinajstić information content (AvgIpc) is 2.99. The smallest absolute Gasteiger partial charge is 0.261 e. The van der Waals surface area contributed by atoms with Crippen LogP contribution in [0.4, 0.5) is 0 Å². The Bertz CT molecular complexity index is 804. The molecule has 32 heavy (non-hydrogen) atoms. The van der Waals surface area contributed by atoms with Gasteiger partial charge in [0.05, 0.1) is 17.7 Å². The molecule has 0 radical (unpaired) electrons. The molecule has 2 heterocycles. The van der Waals surface area contributed by atoms with Crippen LogP contribution < -0.4 is 16.4 Å². The molecule has 0 bridgehead atoms. The van der Waals surface area contributed by atoms with Crippen LogP contribution in [-0.4, -0.2) is 78.8 Å². The van der Waals surface area contributed by atoms with Crippen LogP contribution in [0.2, 0.25) is 0 Å². The van der Waals surface area contributed by atoms with Crippen molar-refractivity contribution in [2.75, 3.05) is 39.3 Å². The molecule has 10 heteroatoms. The molecule has 1 aromatic rings. The van der Waals surface area contributed by atoms with Gasteiger partial charge in [-0.1, -0.05) is 12.1 Å². The molecule has 1 aromatic carbocycles. The highest BCUT2D eigenvalue weighted by Gasteiger charge is 2.34. The number of likely N-dealkylation sites (tertiary alicyclic amines) is 1. The molecule has 0 saturated carbocycles. The molecule has 0 spiro atoms. The quantitative estimate of drug-likeness (QED) is 0.138. The highest BCUT2D eigenvalue weighted by atomic mass is 127. The van der Waals surface area contributed by atoms with Crippen LogP contribution in [-0.2, 0) is 4.79 Å². The van der Waals surface area contributed by atoms with E-state index in [1.54, 1.807) is 24.3 Å². The second-order valence-corrected chi connectivity index (χ2v) is 7.94. The van der Waals surface area contributed by atoms with E-state index in [1.807, 2.05) is 6.92 Å². The molecule has 1 fully saturated rings. The predicted octanol–water partition coefficient (Wildman–Crippen LogP) is 1.19. The Labute approximate surface area is 206 Å². The van der Waals surface area contributed by atoms with Gasteiger partial charge >= 0.3 is 0 Å². The zero-order valence-corrected chi connectivity index (χ0v) is 20.8. The van der Waals surface area contributed by atoms with Crippen molar-refractivity contribution >= 4 is 47.7 Å². The SMILES string of the molecule is CCNC(=NCCCCN1C(=O)c2ccccc2C1=O)NC1CCN(CC(N)=O)CC1.I. The Morgan fingerprint density at radius 2 is 1.75 bits per heavy atom. The summed E-state index contributed by atoms with van der Waals surface area (Å²) in [5.41, 5.74) is 6.25. The highest BCUT2D eigenvalue weighted by molar-refractivity contribution is 14.0. The Hall–Kier alpha value is -2.21. The number of unbranched alkanes of at least 4 members (excludes halogenated alkanes) is 1. The van der Waals surface area contributed by atoms with Crippen LogP contribution in [0.1, 0.15) is 53.3 Å². The van der Waals surface area contributed by atoms with Crippen molar-refractivity contribution in [2.45, 2.75) is 38.6 Å². The number of benzene rings is 1. The minimum absolute atomic E-state index is 0. The van der Waals surface area contributed by atoms with Crippen LogP contribution in [0.25, 0.3) is 0 Å². The zero-order chi connectivity index (χ0) is 22.2. The van der Waals surface area contributed by atoms with Gasteiger partial charge in [0.25, 0.3) is 11.8 Å². The fourth-order valence-corrected chi connectivity index (χ4v) is 3.98. The summed E-state index contributed by atoms with van der Waals surface area (Å²) in [7, 11) is 0. The molecule has 2 aliphatic rings. The lowest BCUT2D eigenvalue weighted by atomic mass is 10.1. The maximum atomic E-state index is 12.4. The van der Waals surface area contributed by atoms with E-state index in [2.05, 4.69) is 20.5 Å². The van der Waals surface area contributed by atoms with Crippen molar-refractivity contribution in [3.63, 3.8) is 0 Å². The van der Waals surface area contributed by atoms with E-state index in [9.17, 15) is 14.4 Å². The number of hydrogen-bond acceptors (Lipinski definition) is 5. The summed E-state index contributed by atoms with van der Waals surface area (Å²) in [5.74, 6) is 0.0719. The number of carbonyl (C=O) groups is 3. The van der Waals surface area contributed by atoms with Gasteiger partial charge in [0.15, 0.2) is 5.96 Å². The van der Waals surface area contributed by atoms with Crippen LogP contribution in [0.5, 0.6) is 0 Å². The molecule has 3 amide bonds. The maximum Gasteiger partial charge on any atom is 0.261 e. The van der Waals surface area contributed by atoms with Gasteiger partial charge in [-0.15, -0.1) is 24.0 Å². The van der Waals surface area contributed by atoms with Crippen molar-refractivity contribution in [3.05, 3.63) is 35.4 Å². The molecule has 0 unspecified atom stereocenters. The number of guanidine groups is 1. The van der Waals surface area contributed by atoms with Crippen molar-refractivity contribution in [2.24, 2.45) is 10.7 Å². The fourth-order valence-electron chi connectivity index (χ4n) is 3.98. The number of primary amides is 1. The summed E-state index contributed by atoms with van der Waals surface area (Å²) in [5, 5.41) is 6.73. The molecule has 176 valence electrons. The number of piperidine rings is 1. The number of imide groups is 1. The van der Waals surface area contributed by atoms with Gasteiger partial charge in [-0.3, -0.25) is 29.2 Å². The van der Waals surface area contributed by atoms with Gasteiger partial charge < -0.3 is 16.4 Å². The lowest BCUT2D eigenvalue weighted by Crippen LogP contribution is -2.49. The van der Waals surface area contributed by atoms with Gasteiger partial charge in [0.1, 0.15) is 0 Å². The summed E-state index contributed by atoms with van der Waals surface area (Å²) in [6.45, 7) is 5.79. The molecular weight excluding hydrogens is 523 g/mol. The minimum Gasteiger partial charge on any atom is -0.369 e. The van der Waals surface area contributed by atoms with E-state index in [4.69, 9.17) is 5.73 Å². The second kappa shape index (κ2) is 12.7. The predicted molar refractivity (Wildman–Crippen MR) is 134 cm³/mol. The molecule has 0 aliphatic carbocycles. The molecular formula is C22H33IN6O3. The lowest BCUT2D eigenvalue weighted by molar-refractivity contribution is -0.119. The minimum atomic E-state index is -0.289. The van der Waals surface area contributed by atoms with Crippen LogP contribution >= 0.6 is 24.0 Å². The molecule has 0 atom stereocenters.